The van der Waals surface area contributed by atoms with E-state index in [0.29, 0.717) is 0 Å². The van der Waals surface area contributed by atoms with E-state index in [2.05, 4.69) is 4.72 Å². The van der Waals surface area contributed by atoms with Crippen LogP contribution in [-0.2, 0) is 0 Å². The third kappa shape index (κ3) is 20.7. The Kier molecular flexibility index (Phi) is 44.4. The van der Waals surface area contributed by atoms with Gasteiger partial charge in [-0.05, 0) is 13.3 Å². The summed E-state index contributed by atoms with van der Waals surface area (Å²) in [5.74, 6) is 0. The van der Waals surface area contributed by atoms with Gasteiger partial charge in [0, 0.05) is 0 Å². The second-order valence-corrected chi connectivity index (χ2v) is 1.22. The minimum Gasteiger partial charge on any atom is -0.267 e. The summed E-state index contributed by atoms with van der Waals surface area (Å²) in [6.07, 6.45) is 1.99. The van der Waals surface area contributed by atoms with Gasteiger partial charge in [-0.15, -0.1) is 24.8 Å². The van der Waals surface area contributed by atoms with Gasteiger partial charge in [-0.1, -0.05) is 11.9 Å². The maximum Gasteiger partial charge on any atom is -0.00373 e. The molecule has 0 radical (unpaired) electrons. The molecule has 0 amide bonds. The molecule has 0 saturated heterocycles. The van der Waals surface area contributed by atoms with Crippen molar-refractivity contribution in [2.24, 2.45) is 0 Å². The molecule has 0 aliphatic carbocycles. The standard InChI is InChI=1S/C2H7NS.2ClH/c1-3-4-2;;/h3H,1-2H3;2*1H. The summed E-state index contributed by atoms with van der Waals surface area (Å²) in [4.78, 5) is 0. The third-order valence-electron chi connectivity index (χ3n) is 0.204. The van der Waals surface area contributed by atoms with Gasteiger partial charge in [0.1, 0.15) is 0 Å². The van der Waals surface area contributed by atoms with Crippen molar-refractivity contribution < 1.29 is 0 Å². The van der Waals surface area contributed by atoms with Crippen LogP contribution >= 0.6 is 36.8 Å². The molecule has 0 bridgehead atoms. The van der Waals surface area contributed by atoms with Crippen LogP contribution in [0.5, 0.6) is 0 Å². The summed E-state index contributed by atoms with van der Waals surface area (Å²) in [6.45, 7) is 0. The predicted octanol–water partition coefficient (Wildman–Crippen LogP) is 1.33. The van der Waals surface area contributed by atoms with Crippen molar-refractivity contribution in [3.8, 4) is 0 Å². The number of hydrogen-bond donors (Lipinski definition) is 1. The lowest BCUT2D eigenvalue weighted by atomic mass is 11.6. The highest BCUT2D eigenvalue weighted by molar-refractivity contribution is 7.96. The molecule has 0 aromatic heterocycles. The topological polar surface area (TPSA) is 12.0 Å². The molecular weight excluding hydrogens is 141 g/mol. The highest BCUT2D eigenvalue weighted by Crippen LogP contribution is 1.70. The fraction of sp³-hybridized carbons (Fsp3) is 1.00. The van der Waals surface area contributed by atoms with Crippen molar-refractivity contribution in [3.63, 3.8) is 0 Å². The van der Waals surface area contributed by atoms with Crippen molar-refractivity contribution in [2.75, 3.05) is 13.3 Å². The Morgan fingerprint density at radius 2 is 1.50 bits per heavy atom. The Morgan fingerprint density at radius 3 is 1.50 bits per heavy atom. The molecule has 0 unspecified atom stereocenters. The Morgan fingerprint density at radius 1 is 1.33 bits per heavy atom. The molecule has 0 fully saturated rings. The van der Waals surface area contributed by atoms with Gasteiger partial charge in [0.05, 0.1) is 0 Å². The van der Waals surface area contributed by atoms with Gasteiger partial charge >= 0.3 is 0 Å². The van der Waals surface area contributed by atoms with E-state index < -0.39 is 0 Å². The maximum absolute atomic E-state index is 2.85. The summed E-state index contributed by atoms with van der Waals surface area (Å²) in [5, 5.41) is 0. The SMILES string of the molecule is CNSC.Cl.Cl. The van der Waals surface area contributed by atoms with Crippen LogP contribution in [0.1, 0.15) is 0 Å². The van der Waals surface area contributed by atoms with Gasteiger partial charge < -0.3 is 0 Å². The van der Waals surface area contributed by atoms with Crippen LogP contribution < -0.4 is 4.72 Å². The Bertz CT molecular complexity index is 13.5. The van der Waals surface area contributed by atoms with E-state index in [1.54, 1.807) is 11.9 Å². The lowest BCUT2D eigenvalue weighted by molar-refractivity contribution is 1.30. The van der Waals surface area contributed by atoms with Gasteiger partial charge in [-0.2, -0.15) is 0 Å². The first-order chi connectivity index (χ1) is 1.91. The van der Waals surface area contributed by atoms with Gasteiger partial charge in [0.2, 0.25) is 0 Å². The molecule has 0 aromatic carbocycles. The molecule has 0 heterocycles. The molecule has 1 nitrogen and oxygen atoms in total. The molecule has 0 aliphatic heterocycles. The molecule has 1 N–H and O–H groups in total. The monoisotopic (exact) mass is 149 g/mol. The highest BCUT2D eigenvalue weighted by atomic mass is 35.5. The summed E-state index contributed by atoms with van der Waals surface area (Å²) in [5.41, 5.74) is 0. The van der Waals surface area contributed by atoms with E-state index >= 15 is 0 Å². The second-order valence-electron chi connectivity index (χ2n) is 0.408. The van der Waals surface area contributed by atoms with Crippen LogP contribution in [0, 0.1) is 0 Å². The van der Waals surface area contributed by atoms with Crippen molar-refractivity contribution in [1.29, 1.82) is 0 Å². The molecule has 0 aliphatic rings. The van der Waals surface area contributed by atoms with Crippen LogP contribution in [0.3, 0.4) is 0 Å². The van der Waals surface area contributed by atoms with Gasteiger partial charge in [0.15, 0.2) is 0 Å². The summed E-state index contributed by atoms with van der Waals surface area (Å²) in [6, 6.07) is 0. The van der Waals surface area contributed by atoms with E-state index in [9.17, 15) is 0 Å². The van der Waals surface area contributed by atoms with Crippen LogP contribution in [0.25, 0.3) is 0 Å². The molecule has 4 heteroatoms. The van der Waals surface area contributed by atoms with Crippen LogP contribution in [-0.4, -0.2) is 13.3 Å². The fourth-order valence-corrected chi connectivity index (χ4v) is 0. The lowest BCUT2D eigenvalue weighted by Crippen LogP contribution is -1.85. The molecule has 0 saturated carbocycles. The van der Waals surface area contributed by atoms with Crippen molar-refractivity contribution >= 4 is 36.8 Å². The third-order valence-corrected chi connectivity index (χ3v) is 0.612. The predicted molar refractivity (Wildman–Crippen MR) is 37.1 cm³/mol. The molecular formula is C2H9Cl2NS. The normalized spacial score (nSPS) is 5.00. The average Bonchev–Trinajstić information content (AvgIpc) is 1.37. The molecule has 0 atom stereocenters. The van der Waals surface area contributed by atoms with Gasteiger partial charge in [-0.25, -0.2) is 0 Å². The lowest BCUT2D eigenvalue weighted by Gasteiger charge is -1.75. The zero-order chi connectivity index (χ0) is 3.41. The first kappa shape index (κ1) is 15.8. The molecule has 0 aromatic rings. The number of halogens is 2. The van der Waals surface area contributed by atoms with E-state index in [0.717, 1.165) is 0 Å². The first-order valence-electron chi connectivity index (χ1n) is 1.11. The van der Waals surface area contributed by atoms with Gasteiger partial charge in [0.25, 0.3) is 0 Å². The fourth-order valence-electron chi connectivity index (χ4n) is 0. The number of nitrogens with one attached hydrogen (secondary N) is 1. The van der Waals surface area contributed by atoms with Crippen molar-refractivity contribution in [3.05, 3.63) is 0 Å². The number of hydrogen-bond acceptors (Lipinski definition) is 2. The molecule has 6 heavy (non-hydrogen) atoms. The Labute approximate surface area is 55.2 Å². The minimum absolute atomic E-state index is 0. The van der Waals surface area contributed by atoms with Crippen molar-refractivity contribution in [1.82, 2.24) is 4.72 Å². The maximum atomic E-state index is 2.85. The van der Waals surface area contributed by atoms with Crippen LogP contribution in [0.15, 0.2) is 0 Å². The van der Waals surface area contributed by atoms with Crippen molar-refractivity contribution in [2.45, 2.75) is 0 Å². The Balaban J connectivity index is -0.0000000450. The van der Waals surface area contributed by atoms with E-state index in [4.69, 9.17) is 0 Å². The molecule has 42 valence electrons. The summed E-state index contributed by atoms with van der Waals surface area (Å²) < 4.78 is 2.85. The highest BCUT2D eigenvalue weighted by Gasteiger charge is 1.50. The van der Waals surface area contributed by atoms with E-state index in [1.165, 1.54) is 0 Å². The van der Waals surface area contributed by atoms with Crippen LogP contribution in [0.4, 0.5) is 0 Å². The van der Waals surface area contributed by atoms with E-state index in [1.807, 2.05) is 13.3 Å². The first-order valence-corrected chi connectivity index (χ1v) is 2.34. The zero-order valence-electron chi connectivity index (χ0n) is 3.72. The smallest absolute Gasteiger partial charge is 0.00373 e. The Hall–Kier alpha value is 0.890. The molecule has 0 spiro atoms. The quantitative estimate of drug-likeness (QED) is 0.566. The van der Waals surface area contributed by atoms with Crippen LogP contribution in [0.2, 0.25) is 0 Å². The second kappa shape index (κ2) is 16.9. The zero-order valence-corrected chi connectivity index (χ0v) is 6.17. The molecule has 0 rings (SSSR count). The summed E-state index contributed by atoms with van der Waals surface area (Å²) in [7, 11) is 1.89. The minimum atomic E-state index is 0. The van der Waals surface area contributed by atoms with Gasteiger partial charge in [-0.3, -0.25) is 4.72 Å². The average molecular weight is 150 g/mol. The largest absolute Gasteiger partial charge is 0.267 e. The summed E-state index contributed by atoms with van der Waals surface area (Å²) >= 11 is 1.61. The van der Waals surface area contributed by atoms with E-state index in [-0.39, 0.29) is 24.8 Å². The number of rotatable bonds is 1.